The number of hydrogen-bond acceptors (Lipinski definition) is 3. The smallest absolute Gasteiger partial charge is 0.331 e. The number of hydrogen-bond donors (Lipinski definition) is 0. The van der Waals surface area contributed by atoms with Crippen LogP contribution >= 0.6 is 15.9 Å². The normalized spacial score (nSPS) is 11.5. The molecule has 130 valence electrons. The van der Waals surface area contributed by atoms with Gasteiger partial charge in [0.25, 0.3) is 0 Å². The van der Waals surface area contributed by atoms with E-state index in [1.807, 2.05) is 36.4 Å². The van der Waals surface area contributed by atoms with E-state index in [2.05, 4.69) is 36.7 Å². The summed E-state index contributed by atoms with van der Waals surface area (Å²) in [6.45, 7) is 6.08. The lowest BCUT2D eigenvalue weighted by atomic mass is 9.86. The molecule has 0 aliphatic carbocycles. The van der Waals surface area contributed by atoms with E-state index in [1.165, 1.54) is 6.08 Å². The summed E-state index contributed by atoms with van der Waals surface area (Å²) in [5.74, 6) is -0.760. The van der Waals surface area contributed by atoms with Crippen LogP contribution in [0.3, 0.4) is 0 Å². The van der Waals surface area contributed by atoms with Crippen LogP contribution < -0.4 is 0 Å². The standard InChI is InChI=1S/C21H21BrO3/c1-21(2,3)17-10-8-16(9-11-17)19(23)14-25-20(24)12-7-15-5-4-6-18(22)13-15/h4-13H,14H2,1-3H3/b12-7+. The molecule has 0 saturated carbocycles. The molecule has 0 bridgehead atoms. The molecule has 0 aliphatic heterocycles. The van der Waals surface area contributed by atoms with E-state index in [9.17, 15) is 9.59 Å². The molecule has 2 aromatic rings. The first-order chi connectivity index (χ1) is 11.8. The maximum atomic E-state index is 12.1. The average Bonchev–Trinajstić information content (AvgIpc) is 2.57. The van der Waals surface area contributed by atoms with Crippen LogP contribution in [0.1, 0.15) is 42.3 Å². The third-order valence-corrected chi connectivity index (χ3v) is 4.17. The van der Waals surface area contributed by atoms with E-state index in [0.717, 1.165) is 15.6 Å². The largest absolute Gasteiger partial charge is 0.454 e. The number of Topliss-reactive ketones (excluding diaryl/α,β-unsaturated/α-hetero) is 1. The summed E-state index contributed by atoms with van der Waals surface area (Å²) >= 11 is 3.37. The van der Waals surface area contributed by atoms with Gasteiger partial charge in [-0.3, -0.25) is 4.79 Å². The van der Waals surface area contributed by atoms with Gasteiger partial charge in [0, 0.05) is 16.1 Å². The van der Waals surface area contributed by atoms with Crippen molar-refractivity contribution >= 4 is 33.8 Å². The minimum absolute atomic E-state index is 0.0330. The van der Waals surface area contributed by atoms with Crippen molar-refractivity contribution in [3.8, 4) is 0 Å². The first-order valence-corrected chi connectivity index (χ1v) is 8.79. The molecule has 0 heterocycles. The third-order valence-electron chi connectivity index (χ3n) is 3.68. The van der Waals surface area contributed by atoms with Gasteiger partial charge in [-0.05, 0) is 34.8 Å². The molecule has 0 saturated heterocycles. The summed E-state index contributed by atoms with van der Waals surface area (Å²) in [6.07, 6.45) is 2.97. The van der Waals surface area contributed by atoms with Crippen LogP contribution in [0.4, 0.5) is 0 Å². The second kappa shape index (κ2) is 8.26. The van der Waals surface area contributed by atoms with Gasteiger partial charge in [0.05, 0.1) is 0 Å². The predicted octanol–water partition coefficient (Wildman–Crippen LogP) is 5.19. The summed E-state index contributed by atoms with van der Waals surface area (Å²) in [5, 5.41) is 0. The van der Waals surface area contributed by atoms with Crippen molar-refractivity contribution in [3.05, 3.63) is 75.8 Å². The number of ketones is 1. The van der Waals surface area contributed by atoms with Crippen LogP contribution in [0.2, 0.25) is 0 Å². The van der Waals surface area contributed by atoms with Crippen LogP contribution in [-0.4, -0.2) is 18.4 Å². The van der Waals surface area contributed by atoms with Gasteiger partial charge < -0.3 is 4.74 Å². The lowest BCUT2D eigenvalue weighted by Gasteiger charge is -2.18. The van der Waals surface area contributed by atoms with Gasteiger partial charge in [0.15, 0.2) is 12.4 Å². The van der Waals surface area contributed by atoms with Gasteiger partial charge in [-0.15, -0.1) is 0 Å². The molecule has 2 aromatic carbocycles. The molecule has 0 aromatic heterocycles. The molecule has 0 N–H and O–H groups in total. The van der Waals surface area contributed by atoms with Crippen molar-refractivity contribution < 1.29 is 14.3 Å². The SMILES string of the molecule is CC(C)(C)c1ccc(C(=O)COC(=O)/C=C/c2cccc(Br)c2)cc1. The van der Waals surface area contributed by atoms with E-state index in [-0.39, 0.29) is 17.8 Å². The Bertz CT molecular complexity index is 784. The summed E-state index contributed by atoms with van der Waals surface area (Å²) < 4.78 is 5.95. The number of esters is 1. The van der Waals surface area contributed by atoms with E-state index < -0.39 is 5.97 Å². The fraction of sp³-hybridized carbons (Fsp3) is 0.238. The zero-order valence-electron chi connectivity index (χ0n) is 14.6. The van der Waals surface area contributed by atoms with Gasteiger partial charge in [-0.2, -0.15) is 0 Å². The summed E-state index contributed by atoms with van der Waals surface area (Å²) in [6, 6.07) is 14.9. The highest BCUT2D eigenvalue weighted by atomic mass is 79.9. The fourth-order valence-corrected chi connectivity index (χ4v) is 2.62. The minimum Gasteiger partial charge on any atom is -0.454 e. The molecule has 0 unspecified atom stereocenters. The van der Waals surface area contributed by atoms with E-state index in [0.29, 0.717) is 5.56 Å². The van der Waals surface area contributed by atoms with Crippen molar-refractivity contribution in [2.45, 2.75) is 26.2 Å². The van der Waals surface area contributed by atoms with Gasteiger partial charge in [0.2, 0.25) is 0 Å². The van der Waals surface area contributed by atoms with Crippen LogP contribution in [0, 0.1) is 0 Å². The topological polar surface area (TPSA) is 43.4 Å². The Hall–Kier alpha value is -2.20. The van der Waals surface area contributed by atoms with Crippen molar-refractivity contribution in [3.63, 3.8) is 0 Å². The highest BCUT2D eigenvalue weighted by Crippen LogP contribution is 2.22. The number of benzene rings is 2. The van der Waals surface area contributed by atoms with Crippen molar-refractivity contribution in [2.24, 2.45) is 0 Å². The molecular formula is C21H21BrO3. The summed E-state index contributed by atoms with van der Waals surface area (Å²) in [4.78, 5) is 23.9. The highest BCUT2D eigenvalue weighted by molar-refractivity contribution is 9.10. The molecular weight excluding hydrogens is 380 g/mol. The number of carbonyl (C=O) groups is 2. The second-order valence-electron chi connectivity index (χ2n) is 6.75. The Morgan fingerprint density at radius 3 is 2.36 bits per heavy atom. The molecule has 0 radical (unpaired) electrons. The van der Waals surface area contributed by atoms with Gasteiger partial charge >= 0.3 is 5.97 Å². The Labute approximate surface area is 156 Å². The number of halogens is 1. The average molecular weight is 401 g/mol. The quantitative estimate of drug-likeness (QED) is 0.394. The zero-order valence-corrected chi connectivity index (χ0v) is 16.2. The van der Waals surface area contributed by atoms with Crippen molar-refractivity contribution in [1.29, 1.82) is 0 Å². The molecule has 25 heavy (non-hydrogen) atoms. The zero-order chi connectivity index (χ0) is 18.4. The molecule has 0 atom stereocenters. The monoisotopic (exact) mass is 400 g/mol. The molecule has 0 spiro atoms. The Balaban J connectivity index is 1.90. The van der Waals surface area contributed by atoms with Gasteiger partial charge in [0.1, 0.15) is 0 Å². The maximum absolute atomic E-state index is 12.1. The van der Waals surface area contributed by atoms with E-state index in [4.69, 9.17) is 4.74 Å². The minimum atomic E-state index is -0.542. The number of ether oxygens (including phenoxy) is 1. The first kappa shape index (κ1) is 19.1. The molecule has 0 fully saturated rings. The maximum Gasteiger partial charge on any atom is 0.331 e. The predicted molar refractivity (Wildman–Crippen MR) is 104 cm³/mol. The van der Waals surface area contributed by atoms with Crippen LogP contribution in [-0.2, 0) is 14.9 Å². The van der Waals surface area contributed by atoms with Crippen LogP contribution in [0.25, 0.3) is 6.08 Å². The molecule has 2 rings (SSSR count). The molecule has 0 amide bonds. The van der Waals surface area contributed by atoms with Crippen LogP contribution in [0.5, 0.6) is 0 Å². The molecule has 0 aliphatic rings. The fourth-order valence-electron chi connectivity index (χ4n) is 2.20. The first-order valence-electron chi connectivity index (χ1n) is 8.00. The van der Waals surface area contributed by atoms with Crippen molar-refractivity contribution in [2.75, 3.05) is 6.61 Å². The third kappa shape index (κ3) is 5.98. The highest BCUT2D eigenvalue weighted by Gasteiger charge is 2.14. The lowest BCUT2D eigenvalue weighted by molar-refractivity contribution is -0.136. The Morgan fingerprint density at radius 2 is 1.76 bits per heavy atom. The van der Waals surface area contributed by atoms with Gasteiger partial charge in [-0.25, -0.2) is 4.79 Å². The second-order valence-corrected chi connectivity index (χ2v) is 7.66. The van der Waals surface area contributed by atoms with Crippen LogP contribution in [0.15, 0.2) is 59.1 Å². The van der Waals surface area contributed by atoms with Gasteiger partial charge in [-0.1, -0.05) is 73.1 Å². The number of rotatable bonds is 5. The molecule has 4 heteroatoms. The summed E-state index contributed by atoms with van der Waals surface area (Å²) in [5.41, 5.74) is 2.59. The Kier molecular flexibility index (Phi) is 6.32. The van der Waals surface area contributed by atoms with Crippen molar-refractivity contribution in [1.82, 2.24) is 0 Å². The Morgan fingerprint density at radius 1 is 1.08 bits per heavy atom. The molecule has 3 nitrogen and oxygen atoms in total. The summed E-state index contributed by atoms with van der Waals surface area (Å²) in [7, 11) is 0. The van der Waals surface area contributed by atoms with E-state index in [1.54, 1.807) is 18.2 Å². The lowest BCUT2D eigenvalue weighted by Crippen LogP contribution is -2.14. The number of carbonyl (C=O) groups excluding carboxylic acids is 2. The van der Waals surface area contributed by atoms with E-state index >= 15 is 0 Å².